The number of nitrogens with zero attached hydrogens (tertiary/aromatic N) is 2. The van der Waals surface area contributed by atoms with Crippen molar-refractivity contribution in [1.29, 1.82) is 0 Å². The second-order valence-electron chi connectivity index (χ2n) is 20.2. The molecule has 0 amide bonds. The average molecular weight is 905 g/mol. The van der Waals surface area contributed by atoms with Gasteiger partial charge in [0.2, 0.25) is 0 Å². The van der Waals surface area contributed by atoms with Gasteiger partial charge in [-0.05, 0) is 102 Å². The van der Waals surface area contributed by atoms with Crippen LogP contribution in [0.25, 0.3) is 76.1 Å². The highest BCUT2D eigenvalue weighted by Gasteiger charge is 2.40. The van der Waals surface area contributed by atoms with E-state index >= 15 is 8.78 Å². The van der Waals surface area contributed by atoms with Crippen molar-refractivity contribution in [3.8, 4) is 22.3 Å². The topological polar surface area (TPSA) is 6.48 Å². The molecule has 2 nitrogen and oxygen atoms in total. The SMILES string of the molecule is CC1(C)c2ccccc2-c2c(N(c3c(F)ccc4ccccc34)c3ccc4ccc5c(N(c6cccc7c6-c6ccccc6C7(C)C)c6c(F)ccc7ccccc67)ccc6ccc3c4c65)cccc21. The predicted octanol–water partition coefficient (Wildman–Crippen LogP) is 18.7. The highest BCUT2D eigenvalue weighted by Crippen LogP contribution is 2.58. The van der Waals surface area contributed by atoms with Crippen LogP contribution in [0.4, 0.5) is 42.9 Å². The third-order valence-electron chi connectivity index (χ3n) is 15.9. The first kappa shape index (κ1) is 40.7. The Morgan fingerprint density at radius 1 is 0.300 bits per heavy atom. The standard InChI is InChI=1S/C66H46F2N2/c1-65(2)49-21-11-9-19-45(49)61-51(65)23-13-25-57(61)69(63-43-17-7-5-15-39(43)29-35-53(63)67)55-37-31-41-28-34-48-56(38-32-42-27-33-47(55)59(41)60(42)48)70(64-44-18-8-6-16-40(44)30-36-54(64)68)58-26-14-24-52-62(58)46-20-10-12-22-50(46)66(52,3)4/h5-38H,1-4H3. The summed E-state index contributed by atoms with van der Waals surface area (Å²) in [5.74, 6) is -0.606. The first-order valence-electron chi connectivity index (χ1n) is 24.2. The molecule has 14 rings (SSSR count). The molecule has 0 saturated heterocycles. The van der Waals surface area contributed by atoms with Crippen molar-refractivity contribution >= 4 is 88.0 Å². The van der Waals surface area contributed by atoms with E-state index in [0.29, 0.717) is 11.4 Å². The fourth-order valence-electron chi connectivity index (χ4n) is 12.7. The Balaban J connectivity index is 1.08. The minimum atomic E-state index is -0.303. The number of hydrogen-bond acceptors (Lipinski definition) is 2. The Bertz CT molecular complexity index is 3910. The van der Waals surface area contributed by atoms with Crippen LogP contribution in [-0.2, 0) is 10.8 Å². The number of fused-ring (bicyclic) bond motifs is 8. The van der Waals surface area contributed by atoms with Crippen LogP contribution in [0.2, 0.25) is 0 Å². The molecule has 12 aromatic carbocycles. The fourth-order valence-corrected chi connectivity index (χ4v) is 12.7. The van der Waals surface area contributed by atoms with Crippen LogP contribution in [0.3, 0.4) is 0 Å². The van der Waals surface area contributed by atoms with E-state index in [1.165, 1.54) is 22.3 Å². The van der Waals surface area contributed by atoms with Gasteiger partial charge < -0.3 is 9.80 Å². The van der Waals surface area contributed by atoms with Gasteiger partial charge in [-0.1, -0.05) is 198 Å². The smallest absolute Gasteiger partial charge is 0.147 e. The molecule has 0 bridgehead atoms. The van der Waals surface area contributed by atoms with Crippen LogP contribution in [0.15, 0.2) is 206 Å². The van der Waals surface area contributed by atoms with Crippen molar-refractivity contribution in [2.24, 2.45) is 0 Å². The number of hydrogen-bond donors (Lipinski definition) is 0. The first-order chi connectivity index (χ1) is 34.1. The third kappa shape index (κ3) is 5.47. The van der Waals surface area contributed by atoms with E-state index in [9.17, 15) is 0 Å². The normalized spacial score (nSPS) is 14.1. The van der Waals surface area contributed by atoms with Gasteiger partial charge in [0.1, 0.15) is 11.6 Å². The quantitative estimate of drug-likeness (QED) is 0.153. The first-order valence-corrected chi connectivity index (χ1v) is 24.2. The zero-order chi connectivity index (χ0) is 47.2. The highest BCUT2D eigenvalue weighted by atomic mass is 19.1. The molecule has 4 heteroatoms. The van der Waals surface area contributed by atoms with Gasteiger partial charge in [-0.15, -0.1) is 0 Å². The number of benzene rings is 12. The molecule has 0 atom stereocenters. The Morgan fingerprint density at radius 3 is 1.13 bits per heavy atom. The summed E-state index contributed by atoms with van der Waals surface area (Å²) in [6.45, 7) is 9.15. The Morgan fingerprint density at radius 2 is 0.671 bits per heavy atom. The molecule has 0 N–H and O–H groups in total. The monoisotopic (exact) mass is 904 g/mol. The lowest BCUT2D eigenvalue weighted by Crippen LogP contribution is -2.17. The summed E-state index contributed by atoms with van der Waals surface area (Å²) >= 11 is 0. The molecular weight excluding hydrogens is 859 g/mol. The predicted molar refractivity (Wildman–Crippen MR) is 290 cm³/mol. The summed E-state index contributed by atoms with van der Waals surface area (Å²) in [6, 6.07) is 71.0. The highest BCUT2D eigenvalue weighted by molar-refractivity contribution is 6.29. The van der Waals surface area contributed by atoms with Crippen LogP contribution >= 0.6 is 0 Å². The molecule has 0 aromatic heterocycles. The molecule has 2 aliphatic carbocycles. The van der Waals surface area contributed by atoms with Crippen molar-refractivity contribution in [3.63, 3.8) is 0 Å². The van der Waals surface area contributed by atoms with E-state index < -0.39 is 0 Å². The van der Waals surface area contributed by atoms with E-state index in [-0.39, 0.29) is 22.5 Å². The maximum atomic E-state index is 17.3. The van der Waals surface area contributed by atoms with Crippen LogP contribution in [0.5, 0.6) is 0 Å². The van der Waals surface area contributed by atoms with Gasteiger partial charge in [-0.3, -0.25) is 0 Å². The van der Waals surface area contributed by atoms with Crippen molar-refractivity contribution < 1.29 is 8.78 Å². The van der Waals surface area contributed by atoms with Crippen LogP contribution < -0.4 is 9.80 Å². The van der Waals surface area contributed by atoms with Crippen molar-refractivity contribution in [2.45, 2.75) is 38.5 Å². The summed E-state index contributed by atoms with van der Waals surface area (Å²) in [6.07, 6.45) is 0. The molecule has 0 saturated carbocycles. The summed E-state index contributed by atoms with van der Waals surface area (Å²) in [7, 11) is 0. The molecule has 12 aromatic rings. The van der Waals surface area contributed by atoms with Gasteiger partial charge in [0.25, 0.3) is 0 Å². The zero-order valence-corrected chi connectivity index (χ0v) is 39.3. The summed E-state index contributed by atoms with van der Waals surface area (Å²) in [5, 5.41) is 9.81. The molecule has 2 aliphatic rings. The summed E-state index contributed by atoms with van der Waals surface area (Å²) < 4.78 is 34.6. The maximum Gasteiger partial charge on any atom is 0.147 e. The number of anilines is 6. The summed E-state index contributed by atoms with van der Waals surface area (Å²) in [4.78, 5) is 4.37. The zero-order valence-electron chi connectivity index (χ0n) is 39.3. The van der Waals surface area contributed by atoms with E-state index in [2.05, 4.69) is 183 Å². The number of halogens is 2. The second kappa shape index (κ2) is 14.6. The van der Waals surface area contributed by atoms with Crippen LogP contribution in [-0.4, -0.2) is 0 Å². The molecule has 70 heavy (non-hydrogen) atoms. The minimum Gasteiger partial charge on any atom is -0.306 e. The number of rotatable bonds is 6. The minimum absolute atomic E-state index is 0.268. The molecule has 0 fully saturated rings. The van der Waals surface area contributed by atoms with E-state index in [1.54, 1.807) is 12.1 Å². The molecule has 0 unspecified atom stereocenters. The van der Waals surface area contributed by atoms with Crippen molar-refractivity contribution in [2.75, 3.05) is 9.80 Å². The van der Waals surface area contributed by atoms with Gasteiger partial charge >= 0.3 is 0 Å². The van der Waals surface area contributed by atoms with Gasteiger partial charge in [0.15, 0.2) is 0 Å². The Kier molecular flexibility index (Phi) is 8.48. The van der Waals surface area contributed by atoms with E-state index in [0.717, 1.165) is 98.9 Å². The van der Waals surface area contributed by atoms with Crippen molar-refractivity contribution in [1.82, 2.24) is 0 Å². The molecular formula is C66H46F2N2. The lowest BCUT2D eigenvalue weighted by atomic mass is 9.82. The molecule has 0 spiro atoms. The lowest BCUT2D eigenvalue weighted by Gasteiger charge is -2.32. The second-order valence-corrected chi connectivity index (χ2v) is 20.2. The molecule has 0 radical (unpaired) electrons. The van der Waals surface area contributed by atoms with Crippen LogP contribution in [0.1, 0.15) is 49.9 Å². The average Bonchev–Trinajstić information content (AvgIpc) is 3.77. The van der Waals surface area contributed by atoms with Gasteiger partial charge in [-0.2, -0.15) is 0 Å². The molecule has 0 heterocycles. The van der Waals surface area contributed by atoms with Crippen molar-refractivity contribution in [3.05, 3.63) is 240 Å². The summed E-state index contributed by atoms with van der Waals surface area (Å²) in [5.41, 5.74) is 13.5. The van der Waals surface area contributed by atoms with Gasteiger partial charge in [0.05, 0.1) is 34.1 Å². The largest absolute Gasteiger partial charge is 0.306 e. The van der Waals surface area contributed by atoms with Crippen LogP contribution in [0, 0.1) is 11.6 Å². The van der Waals surface area contributed by atoms with Gasteiger partial charge in [0, 0.05) is 43.5 Å². The van der Waals surface area contributed by atoms with E-state index in [4.69, 9.17) is 0 Å². The Hall–Kier alpha value is -8.34. The maximum absolute atomic E-state index is 17.3. The van der Waals surface area contributed by atoms with Gasteiger partial charge in [-0.25, -0.2) is 8.78 Å². The molecule has 0 aliphatic heterocycles. The van der Waals surface area contributed by atoms with E-state index in [1.807, 2.05) is 48.5 Å². The lowest BCUT2D eigenvalue weighted by molar-refractivity contribution is 0.630. The fraction of sp³-hybridized carbons (Fsp3) is 0.0909. The molecule has 334 valence electrons. The third-order valence-corrected chi connectivity index (χ3v) is 15.9. The Labute approximate surface area is 405 Å².